The number of sulfone groups is 1. The van der Waals surface area contributed by atoms with Crippen molar-refractivity contribution in [3.8, 4) is 11.4 Å². The number of carbonyl (C=O) groups is 1. The predicted molar refractivity (Wildman–Crippen MR) is 93.5 cm³/mol. The quantitative estimate of drug-likeness (QED) is 0.807. The lowest BCUT2D eigenvalue weighted by molar-refractivity contribution is -0.131. The summed E-state index contributed by atoms with van der Waals surface area (Å²) in [6.07, 6.45) is 3.15. The third kappa shape index (κ3) is 3.99. The molecule has 1 amide bonds. The van der Waals surface area contributed by atoms with Gasteiger partial charge in [0.2, 0.25) is 5.91 Å². The second-order valence-corrected chi connectivity index (χ2v) is 9.07. The summed E-state index contributed by atoms with van der Waals surface area (Å²) in [5.74, 6) is 0.220. The van der Waals surface area contributed by atoms with Crippen molar-refractivity contribution >= 4 is 27.1 Å². The molecule has 1 aliphatic rings. The van der Waals surface area contributed by atoms with Crippen LogP contribution in [0.5, 0.6) is 0 Å². The van der Waals surface area contributed by atoms with Crippen molar-refractivity contribution in [3.63, 3.8) is 0 Å². The van der Waals surface area contributed by atoms with E-state index in [2.05, 4.69) is 9.97 Å². The zero-order chi connectivity index (χ0) is 17.2. The van der Waals surface area contributed by atoms with Gasteiger partial charge in [0.1, 0.15) is 0 Å². The Labute approximate surface area is 145 Å². The minimum atomic E-state index is -2.98. The van der Waals surface area contributed by atoms with Crippen LogP contribution in [0.2, 0.25) is 0 Å². The van der Waals surface area contributed by atoms with E-state index in [4.69, 9.17) is 0 Å². The summed E-state index contributed by atoms with van der Waals surface area (Å²) in [6, 6.07) is 5.48. The molecule has 1 saturated heterocycles. The van der Waals surface area contributed by atoms with Crippen LogP contribution in [0.15, 0.2) is 29.8 Å². The van der Waals surface area contributed by atoms with E-state index in [1.807, 2.05) is 23.6 Å². The highest BCUT2D eigenvalue weighted by molar-refractivity contribution is 7.91. The van der Waals surface area contributed by atoms with Gasteiger partial charge < -0.3 is 4.90 Å². The van der Waals surface area contributed by atoms with E-state index in [1.54, 1.807) is 18.1 Å². The van der Waals surface area contributed by atoms with Gasteiger partial charge >= 0.3 is 0 Å². The molecule has 0 N–H and O–H groups in total. The first-order valence-electron chi connectivity index (χ1n) is 7.76. The lowest BCUT2D eigenvalue weighted by Gasteiger charge is -2.23. The van der Waals surface area contributed by atoms with Crippen molar-refractivity contribution in [2.75, 3.05) is 18.6 Å². The van der Waals surface area contributed by atoms with Gasteiger partial charge in [-0.2, -0.15) is 0 Å². The van der Waals surface area contributed by atoms with E-state index in [0.717, 1.165) is 16.4 Å². The number of thiazole rings is 1. The zero-order valence-corrected chi connectivity index (χ0v) is 15.0. The number of aromatic nitrogens is 2. The molecule has 0 aromatic carbocycles. The highest BCUT2D eigenvalue weighted by atomic mass is 32.2. The van der Waals surface area contributed by atoms with Crippen LogP contribution in [0.1, 0.15) is 17.8 Å². The molecule has 1 fully saturated rings. The molecule has 128 valence electrons. The fraction of sp³-hybridized carbons (Fsp3) is 0.438. The van der Waals surface area contributed by atoms with Crippen LogP contribution in [0.4, 0.5) is 0 Å². The fourth-order valence-electron chi connectivity index (χ4n) is 2.73. The van der Waals surface area contributed by atoms with Gasteiger partial charge in [0.15, 0.2) is 9.84 Å². The molecule has 1 aliphatic heterocycles. The second kappa shape index (κ2) is 6.98. The zero-order valence-electron chi connectivity index (χ0n) is 13.4. The minimum absolute atomic E-state index is 0.0355. The monoisotopic (exact) mass is 365 g/mol. The van der Waals surface area contributed by atoms with Gasteiger partial charge in [-0.3, -0.25) is 9.78 Å². The summed E-state index contributed by atoms with van der Waals surface area (Å²) in [5.41, 5.74) is 1.64. The standard InChI is InChI=1S/C16H19N3O3S2/c1-19(12-7-9-24(21,22)11-12)16(20)6-5-15-18-14(10-23-15)13-4-2-3-8-17-13/h2-4,8,10,12H,5-7,9,11H2,1H3. The van der Waals surface area contributed by atoms with E-state index < -0.39 is 9.84 Å². The number of pyridine rings is 1. The van der Waals surface area contributed by atoms with Gasteiger partial charge in [-0.15, -0.1) is 11.3 Å². The molecule has 2 aromatic rings. The molecule has 0 aliphatic carbocycles. The van der Waals surface area contributed by atoms with E-state index in [0.29, 0.717) is 19.3 Å². The normalized spacial score (nSPS) is 19.3. The van der Waals surface area contributed by atoms with Gasteiger partial charge in [-0.25, -0.2) is 13.4 Å². The smallest absolute Gasteiger partial charge is 0.223 e. The van der Waals surface area contributed by atoms with Gasteiger partial charge in [-0.05, 0) is 18.6 Å². The molecule has 6 nitrogen and oxygen atoms in total. The molecule has 2 aromatic heterocycles. The van der Waals surface area contributed by atoms with Crippen LogP contribution in [-0.2, 0) is 21.1 Å². The third-order valence-corrected chi connectivity index (χ3v) is 6.84. The van der Waals surface area contributed by atoms with Crippen molar-refractivity contribution in [1.82, 2.24) is 14.9 Å². The minimum Gasteiger partial charge on any atom is -0.342 e. The molecule has 3 rings (SSSR count). The van der Waals surface area contributed by atoms with Gasteiger partial charge in [0.25, 0.3) is 0 Å². The molecule has 24 heavy (non-hydrogen) atoms. The van der Waals surface area contributed by atoms with E-state index in [-0.39, 0.29) is 23.5 Å². The first kappa shape index (κ1) is 17.0. The third-order valence-electron chi connectivity index (χ3n) is 4.18. The van der Waals surface area contributed by atoms with Crippen LogP contribution >= 0.6 is 11.3 Å². The number of hydrogen-bond donors (Lipinski definition) is 0. The summed E-state index contributed by atoms with van der Waals surface area (Å²) in [7, 11) is -1.29. The number of carbonyl (C=O) groups excluding carboxylic acids is 1. The molecule has 0 spiro atoms. The highest BCUT2D eigenvalue weighted by Gasteiger charge is 2.32. The maximum absolute atomic E-state index is 12.3. The first-order valence-corrected chi connectivity index (χ1v) is 10.5. The molecular formula is C16H19N3O3S2. The summed E-state index contributed by atoms with van der Waals surface area (Å²) in [4.78, 5) is 22.7. The maximum Gasteiger partial charge on any atom is 0.223 e. The Morgan fingerprint density at radius 1 is 1.38 bits per heavy atom. The SMILES string of the molecule is CN(C(=O)CCc1nc(-c2ccccn2)cs1)C1CCS(=O)(=O)C1. The Bertz CT molecular complexity index is 818. The summed E-state index contributed by atoms with van der Waals surface area (Å²) < 4.78 is 23.1. The molecule has 3 heterocycles. The summed E-state index contributed by atoms with van der Waals surface area (Å²) in [6.45, 7) is 0. The molecule has 1 unspecified atom stereocenters. The van der Waals surface area contributed by atoms with Crippen molar-refractivity contribution in [2.24, 2.45) is 0 Å². The van der Waals surface area contributed by atoms with Crippen molar-refractivity contribution in [3.05, 3.63) is 34.8 Å². The van der Waals surface area contributed by atoms with E-state index in [1.165, 1.54) is 11.3 Å². The lowest BCUT2D eigenvalue weighted by atomic mass is 10.2. The van der Waals surface area contributed by atoms with Crippen LogP contribution in [0.25, 0.3) is 11.4 Å². The Morgan fingerprint density at radius 3 is 2.88 bits per heavy atom. The fourth-order valence-corrected chi connectivity index (χ4v) is 5.30. The first-order chi connectivity index (χ1) is 11.4. The van der Waals surface area contributed by atoms with Crippen LogP contribution in [0, 0.1) is 0 Å². The number of hydrogen-bond acceptors (Lipinski definition) is 6. The Morgan fingerprint density at radius 2 is 2.21 bits per heavy atom. The van der Waals surface area contributed by atoms with Crippen molar-refractivity contribution in [2.45, 2.75) is 25.3 Å². The maximum atomic E-state index is 12.3. The average Bonchev–Trinajstić information content (AvgIpc) is 3.19. The summed E-state index contributed by atoms with van der Waals surface area (Å²) in [5, 5.41) is 2.83. The van der Waals surface area contributed by atoms with Gasteiger partial charge in [0.05, 0.1) is 27.9 Å². The lowest BCUT2D eigenvalue weighted by Crippen LogP contribution is -2.37. The average molecular weight is 365 g/mol. The largest absolute Gasteiger partial charge is 0.342 e. The summed E-state index contributed by atoms with van der Waals surface area (Å²) >= 11 is 1.51. The topological polar surface area (TPSA) is 80.2 Å². The molecule has 0 saturated carbocycles. The highest BCUT2D eigenvalue weighted by Crippen LogP contribution is 2.21. The number of aryl methyl sites for hydroxylation is 1. The van der Waals surface area contributed by atoms with E-state index in [9.17, 15) is 13.2 Å². The van der Waals surface area contributed by atoms with Crippen LogP contribution in [-0.4, -0.2) is 53.8 Å². The van der Waals surface area contributed by atoms with Crippen molar-refractivity contribution in [1.29, 1.82) is 0 Å². The van der Waals surface area contributed by atoms with Crippen molar-refractivity contribution < 1.29 is 13.2 Å². The Hall–Kier alpha value is -1.80. The number of nitrogens with zero attached hydrogens (tertiary/aromatic N) is 3. The van der Waals surface area contributed by atoms with Crippen LogP contribution < -0.4 is 0 Å². The molecular weight excluding hydrogens is 346 g/mol. The number of rotatable bonds is 5. The number of amides is 1. The Balaban J connectivity index is 1.56. The van der Waals surface area contributed by atoms with E-state index >= 15 is 0 Å². The second-order valence-electron chi connectivity index (χ2n) is 5.90. The van der Waals surface area contributed by atoms with Gasteiger partial charge in [-0.1, -0.05) is 6.07 Å². The van der Waals surface area contributed by atoms with Gasteiger partial charge in [0, 0.05) is 37.5 Å². The Kier molecular flexibility index (Phi) is 4.96. The predicted octanol–water partition coefficient (Wildman–Crippen LogP) is 1.78. The van der Waals surface area contributed by atoms with Crippen LogP contribution in [0.3, 0.4) is 0 Å². The molecule has 0 bridgehead atoms. The molecule has 8 heteroatoms. The molecule has 1 atom stereocenters. The molecule has 0 radical (unpaired) electrons.